The van der Waals surface area contributed by atoms with Gasteiger partial charge in [-0.2, -0.15) is 0 Å². The highest BCUT2D eigenvalue weighted by Gasteiger charge is 2.45. The van der Waals surface area contributed by atoms with Gasteiger partial charge in [0.15, 0.2) is 0 Å². The Balaban J connectivity index is 9.38. The van der Waals surface area contributed by atoms with Crippen molar-refractivity contribution in [2.45, 2.75) is 330 Å². The van der Waals surface area contributed by atoms with Crippen LogP contribution >= 0.6 is 247 Å². The van der Waals surface area contributed by atoms with Crippen LogP contribution in [0.3, 0.4) is 0 Å². The number of unbranched alkanes of at least 4 members (excludes halogenated alkanes) is 1. The molecular weight excluding hydrogens is 2240 g/mol. The summed E-state index contributed by atoms with van der Waals surface area (Å²) in [6, 6.07) is 4.69. The van der Waals surface area contributed by atoms with Gasteiger partial charge in [0.05, 0.1) is 4.24 Å². The Kier molecular flexibility index (Phi) is 101. The van der Waals surface area contributed by atoms with E-state index in [1.165, 1.54) is 94.3 Å². The number of rotatable bonds is 103. The molecule has 0 rings (SSSR count). The number of allylic oxidation sites excluding steroid dienone is 1. The van der Waals surface area contributed by atoms with Gasteiger partial charge in [0.25, 0.3) is 0 Å². The first-order valence-electron chi connectivity index (χ1n) is 48.4. The molecule has 0 heterocycles. The fourth-order valence-electron chi connectivity index (χ4n) is 13.7. The van der Waals surface area contributed by atoms with Crippen molar-refractivity contribution < 1.29 is 79.7 Å². The predicted octanol–water partition coefficient (Wildman–Crippen LogP) is 37.0. The highest BCUT2D eigenvalue weighted by molar-refractivity contribution is 9.30. The summed E-state index contributed by atoms with van der Waals surface area (Å²) in [5, 5.41) is 0.201. The third kappa shape index (κ3) is 69.0. The molecule has 0 radical (unpaired) electrons. The summed E-state index contributed by atoms with van der Waals surface area (Å²) in [7, 11) is 28.8. The molecule has 0 aliphatic heterocycles. The maximum Gasteiger partial charge on any atom is 0.500 e. The summed E-state index contributed by atoms with van der Waals surface area (Å²) in [5.41, 5.74) is 2.69. The van der Waals surface area contributed by atoms with Gasteiger partial charge in [0.1, 0.15) is 0 Å². The summed E-state index contributed by atoms with van der Waals surface area (Å²) < 4.78 is 116. The lowest BCUT2D eigenvalue weighted by Gasteiger charge is -2.28. The summed E-state index contributed by atoms with van der Waals surface area (Å²) in [4.78, 5) is 3.91. The molecule has 0 amide bonds. The van der Waals surface area contributed by atoms with Crippen LogP contribution in [0.4, 0.5) is 0 Å². The molecule has 18 nitrogen and oxygen atoms in total. The molecule has 0 fully saturated rings. The van der Waals surface area contributed by atoms with E-state index in [1.807, 2.05) is 361 Å². The van der Waals surface area contributed by atoms with Gasteiger partial charge in [-0.05, 0) is 397 Å². The second kappa shape index (κ2) is 95.1. The first-order valence-corrected chi connectivity index (χ1v) is 90.0. The Bertz CT molecular complexity index is 2600. The van der Waals surface area contributed by atoms with Gasteiger partial charge in [-0.1, -0.05) is 174 Å². The Morgan fingerprint density at radius 2 is 0.424 bits per heavy atom. The Labute approximate surface area is 906 Å². The molecule has 0 saturated heterocycles. The van der Waals surface area contributed by atoms with E-state index in [0.717, 1.165) is 140 Å². The normalized spacial score (nSPS) is 14.1. The Hall–Kier alpha value is 8.20. The lowest BCUT2D eigenvalue weighted by molar-refractivity contribution is 0.0704. The van der Waals surface area contributed by atoms with Crippen molar-refractivity contribution >= 4 is 300 Å². The van der Waals surface area contributed by atoms with Crippen LogP contribution in [-0.4, -0.2) is 212 Å². The van der Waals surface area contributed by atoms with Crippen LogP contribution in [0.25, 0.3) is 0 Å². The SMILES string of the molecule is CCO[Si](CCCSSSSC(SSSSCCC[Si](OCC)(OCC)OCC)=C(C)C(SSSSCCC[Si](OCC)(OCC)OCC)=C(SSSSCCC[Si](OCC)(OCC)OCC)C(SSSSCCC[Si](OCC)(OCC)OCC)=C(C)C(CCC(C)CCCCC(C)CCCC(C)CCCC(C)C)SSSSCCC[Si](OCC)(OCC)OCC)(OCC)OCC. The highest BCUT2D eigenvalue weighted by Crippen LogP contribution is 2.64. The van der Waals surface area contributed by atoms with Gasteiger partial charge in [-0.3, -0.25) is 0 Å². The Morgan fingerprint density at radius 1 is 0.212 bits per heavy atom. The topological polar surface area (TPSA) is 166 Å². The van der Waals surface area contributed by atoms with Crippen LogP contribution in [0.5, 0.6) is 0 Å². The van der Waals surface area contributed by atoms with Crippen LogP contribution in [-0.2, 0) is 79.7 Å². The molecule has 0 saturated carbocycles. The van der Waals surface area contributed by atoms with E-state index < -0.39 is 52.8 Å². The van der Waals surface area contributed by atoms with E-state index in [0.29, 0.717) is 125 Å². The van der Waals surface area contributed by atoms with Gasteiger partial charge in [-0.25, -0.2) is 0 Å². The second-order valence-corrected chi connectivity index (χ2v) is 83.0. The van der Waals surface area contributed by atoms with Crippen LogP contribution in [0.2, 0.25) is 36.3 Å². The molecule has 4 unspecified atom stereocenters. The van der Waals surface area contributed by atoms with E-state index in [4.69, 9.17) is 79.7 Å². The average molecular weight is 2410 g/mol. The molecule has 0 spiro atoms. The molecule has 4 atom stereocenters. The summed E-state index contributed by atoms with van der Waals surface area (Å²) in [6.07, 6.45) is 21.0. The number of hydrogen-bond acceptors (Lipinski definition) is 42. The maximum absolute atomic E-state index is 6.39. The fraction of sp³-hybridized carbons (Fsp3) is 0.929. The molecule has 0 aromatic heterocycles. The minimum Gasteiger partial charge on any atom is -0.374 e. The van der Waals surface area contributed by atoms with Crippen LogP contribution < -0.4 is 0 Å². The van der Waals surface area contributed by atoms with Crippen LogP contribution in [0.1, 0.15) is 289 Å². The van der Waals surface area contributed by atoms with Crippen LogP contribution in [0.15, 0.2) is 30.1 Å². The molecule has 0 bridgehead atoms. The summed E-state index contributed by atoms with van der Waals surface area (Å²) >= 11 is 0. The lowest BCUT2D eigenvalue weighted by Crippen LogP contribution is -2.46. The van der Waals surface area contributed by atoms with Gasteiger partial charge in [0, 0.05) is 210 Å². The van der Waals surface area contributed by atoms with Crippen molar-refractivity contribution in [3.63, 3.8) is 0 Å². The third-order valence-electron chi connectivity index (χ3n) is 19.3. The van der Waals surface area contributed by atoms with Crippen LogP contribution in [0, 0.1) is 23.7 Å². The molecule has 788 valence electrons. The van der Waals surface area contributed by atoms with Gasteiger partial charge in [-0.15, -0.1) is 0 Å². The zero-order valence-corrected chi connectivity index (χ0v) is 111. The summed E-state index contributed by atoms with van der Waals surface area (Å²) in [6.45, 7) is 64.1. The fourth-order valence-corrected chi connectivity index (χ4v) is 71.2. The first kappa shape index (κ1) is 140. The molecule has 0 aliphatic carbocycles. The first-order chi connectivity index (χ1) is 64.0. The number of hydrogen-bond donors (Lipinski definition) is 0. The quantitative estimate of drug-likeness (QED) is 0.0244. The van der Waals surface area contributed by atoms with E-state index in [-0.39, 0.29) is 5.25 Å². The van der Waals surface area contributed by atoms with Crippen molar-refractivity contribution in [3.8, 4) is 0 Å². The standard InChI is InChI=1S/C84H176O18S24Si6/c1-26-85-127(86-27-2,87-28-3)68-48-62-103-115-121-109-80(61-60-77(23)56-45-44-55-75(21)58-47-59-76(22)57-46-54-74(19)20)78(24)81(110-122-116-104-63-49-69-128(88-29-4,89-30-5)90-31-6)83(112-124-118-106-65-51-71-130(94-35-10,95-36-11)96-37-12)82(111-123-117-105-64-50-70-129(91-32-7,92-33-8)93-34-9)79(25)84(113-125-119-107-66-52-72-131(97-38-13,98-39-14)99-40-15)114-126-120-108-67-53-73-132(100-41-16,101-42-17)102-43-18/h74-77,80H,26-73H2,1-25H3. The second-order valence-electron chi connectivity index (χ2n) is 30.3. The minimum absolute atomic E-state index is 0.201. The van der Waals surface area contributed by atoms with E-state index >= 15 is 0 Å². The molecule has 132 heavy (non-hydrogen) atoms. The van der Waals surface area contributed by atoms with Gasteiger partial charge >= 0.3 is 52.8 Å². The van der Waals surface area contributed by atoms with Crippen molar-refractivity contribution in [1.82, 2.24) is 0 Å². The molecule has 0 aromatic carbocycles. The summed E-state index contributed by atoms with van der Waals surface area (Å²) in [5.74, 6) is 8.57. The minimum atomic E-state index is -2.85. The predicted molar refractivity (Wildman–Crippen MR) is 646 cm³/mol. The van der Waals surface area contributed by atoms with Gasteiger partial charge in [0.2, 0.25) is 0 Å². The molecule has 0 aliphatic rings. The monoisotopic (exact) mass is 2410 g/mol. The zero-order valence-electron chi connectivity index (χ0n) is 85.0. The Morgan fingerprint density at radius 3 is 0.674 bits per heavy atom. The van der Waals surface area contributed by atoms with E-state index in [9.17, 15) is 0 Å². The molecular formula is C84H176O18S24Si6. The van der Waals surface area contributed by atoms with Crippen molar-refractivity contribution in [3.05, 3.63) is 30.1 Å². The van der Waals surface area contributed by atoms with E-state index in [2.05, 4.69) is 59.3 Å². The molecule has 0 N–H and O–H groups in total. The average Bonchev–Trinajstić information content (AvgIpc) is 0.809. The van der Waals surface area contributed by atoms with Crippen molar-refractivity contribution in [1.29, 1.82) is 0 Å². The third-order valence-corrected chi connectivity index (χ3v) is 78.5. The van der Waals surface area contributed by atoms with Gasteiger partial charge < -0.3 is 79.7 Å². The largest absolute Gasteiger partial charge is 0.500 e. The van der Waals surface area contributed by atoms with E-state index in [1.54, 1.807) is 0 Å². The smallest absolute Gasteiger partial charge is 0.374 e. The van der Waals surface area contributed by atoms with Crippen molar-refractivity contribution in [2.75, 3.05) is 153 Å². The zero-order chi connectivity index (χ0) is 98.0. The van der Waals surface area contributed by atoms with Crippen molar-refractivity contribution in [2.24, 2.45) is 23.7 Å². The highest BCUT2D eigenvalue weighted by atomic mass is 33.7. The maximum atomic E-state index is 6.39. The molecule has 48 heteroatoms. The molecule has 0 aromatic rings. The lowest BCUT2D eigenvalue weighted by atomic mass is 9.91.